The lowest BCUT2D eigenvalue weighted by Crippen LogP contribution is -2.39. The molecular formula is C15H19BrN2O2. The average molecular weight is 339 g/mol. The first-order chi connectivity index (χ1) is 9.76. The van der Waals surface area contributed by atoms with Crippen LogP contribution in [0.5, 0.6) is 11.5 Å². The Bertz CT molecular complexity index is 537. The van der Waals surface area contributed by atoms with E-state index in [0.717, 1.165) is 27.9 Å². The van der Waals surface area contributed by atoms with Crippen LogP contribution in [0.3, 0.4) is 0 Å². The smallest absolute Gasteiger partial charge is 0.231 e. The zero-order chi connectivity index (χ0) is 13.7. The summed E-state index contributed by atoms with van der Waals surface area (Å²) in [6.45, 7) is 2.15. The fourth-order valence-electron chi connectivity index (χ4n) is 3.99. The third-order valence-electron chi connectivity index (χ3n) is 4.91. The molecule has 0 spiro atoms. The van der Waals surface area contributed by atoms with Crippen molar-refractivity contribution >= 4 is 15.9 Å². The van der Waals surface area contributed by atoms with Gasteiger partial charge in [0, 0.05) is 25.2 Å². The van der Waals surface area contributed by atoms with Crippen molar-refractivity contribution in [3.05, 3.63) is 22.2 Å². The molecule has 5 heteroatoms. The summed E-state index contributed by atoms with van der Waals surface area (Å²) in [4.78, 5) is 2.60. The van der Waals surface area contributed by atoms with Crippen molar-refractivity contribution < 1.29 is 9.47 Å². The Morgan fingerprint density at radius 2 is 2.25 bits per heavy atom. The monoisotopic (exact) mass is 338 g/mol. The molecule has 4 nitrogen and oxygen atoms in total. The standard InChI is InChI=1S/C15H19BrN2O2/c16-12-4-10(5-14-15(12)20-8-19-14)13(6-17)18-7-9-1-2-11(18)3-9/h4-5,9,11,13H,1-3,6-8,17H2. The van der Waals surface area contributed by atoms with Gasteiger partial charge in [-0.3, -0.25) is 4.90 Å². The predicted molar refractivity (Wildman–Crippen MR) is 79.9 cm³/mol. The number of hydrogen-bond donors (Lipinski definition) is 1. The fourth-order valence-corrected chi connectivity index (χ4v) is 4.56. The Morgan fingerprint density at radius 1 is 1.35 bits per heavy atom. The van der Waals surface area contributed by atoms with Crippen LogP contribution in [0, 0.1) is 5.92 Å². The molecule has 1 aromatic carbocycles. The highest BCUT2D eigenvalue weighted by atomic mass is 79.9. The lowest BCUT2D eigenvalue weighted by Gasteiger charge is -2.34. The van der Waals surface area contributed by atoms with Crippen molar-refractivity contribution in [1.29, 1.82) is 0 Å². The number of nitrogens with zero attached hydrogens (tertiary/aromatic N) is 1. The molecule has 0 radical (unpaired) electrons. The minimum absolute atomic E-state index is 0.288. The van der Waals surface area contributed by atoms with Crippen LogP contribution in [0.4, 0.5) is 0 Å². The molecule has 20 heavy (non-hydrogen) atoms. The Kier molecular flexibility index (Phi) is 3.16. The molecule has 2 N–H and O–H groups in total. The largest absolute Gasteiger partial charge is 0.454 e. The van der Waals surface area contributed by atoms with Crippen molar-refractivity contribution in [1.82, 2.24) is 4.90 Å². The van der Waals surface area contributed by atoms with E-state index >= 15 is 0 Å². The molecule has 108 valence electrons. The van der Waals surface area contributed by atoms with Gasteiger partial charge in [0.25, 0.3) is 0 Å². The van der Waals surface area contributed by atoms with Crippen LogP contribution in [0.15, 0.2) is 16.6 Å². The summed E-state index contributed by atoms with van der Waals surface area (Å²) in [6, 6.07) is 5.24. The van der Waals surface area contributed by atoms with Gasteiger partial charge in [0.15, 0.2) is 11.5 Å². The van der Waals surface area contributed by atoms with Crippen molar-refractivity contribution in [3.63, 3.8) is 0 Å². The molecule has 4 rings (SSSR count). The number of ether oxygens (including phenoxy) is 2. The Hall–Kier alpha value is -0.780. The van der Waals surface area contributed by atoms with Crippen LogP contribution in [0.25, 0.3) is 0 Å². The van der Waals surface area contributed by atoms with Crippen molar-refractivity contribution in [2.75, 3.05) is 19.9 Å². The summed E-state index contributed by atoms with van der Waals surface area (Å²) >= 11 is 3.58. The summed E-state index contributed by atoms with van der Waals surface area (Å²) < 4.78 is 11.9. The van der Waals surface area contributed by atoms with E-state index < -0.39 is 0 Å². The summed E-state index contributed by atoms with van der Waals surface area (Å²) in [7, 11) is 0. The van der Waals surface area contributed by atoms with Crippen LogP contribution < -0.4 is 15.2 Å². The lowest BCUT2D eigenvalue weighted by atomic mass is 10.0. The molecule has 1 saturated carbocycles. The normalized spacial score (nSPS) is 29.1. The van der Waals surface area contributed by atoms with Gasteiger partial charge in [-0.2, -0.15) is 0 Å². The second-order valence-corrected chi connectivity index (χ2v) is 6.87. The number of likely N-dealkylation sites (tertiary alicyclic amines) is 1. The van der Waals surface area contributed by atoms with E-state index in [1.807, 2.05) is 0 Å². The Morgan fingerprint density at radius 3 is 2.95 bits per heavy atom. The molecule has 0 amide bonds. The van der Waals surface area contributed by atoms with Crippen LogP contribution in [0.2, 0.25) is 0 Å². The SMILES string of the molecule is NCC(c1cc(Br)c2c(c1)OCO2)N1CC2CCC1C2. The van der Waals surface area contributed by atoms with Crippen LogP contribution >= 0.6 is 15.9 Å². The van der Waals surface area contributed by atoms with E-state index in [2.05, 4.69) is 33.0 Å². The van der Waals surface area contributed by atoms with E-state index in [0.29, 0.717) is 13.3 Å². The molecule has 2 fully saturated rings. The third-order valence-corrected chi connectivity index (χ3v) is 5.50. The molecule has 2 bridgehead atoms. The highest BCUT2D eigenvalue weighted by molar-refractivity contribution is 9.10. The molecule has 2 aliphatic heterocycles. The predicted octanol–water partition coefficient (Wildman–Crippen LogP) is 2.66. The van der Waals surface area contributed by atoms with E-state index in [4.69, 9.17) is 15.2 Å². The maximum atomic E-state index is 6.08. The molecule has 3 aliphatic rings. The number of rotatable bonds is 3. The first kappa shape index (κ1) is 12.9. The van der Waals surface area contributed by atoms with Gasteiger partial charge >= 0.3 is 0 Å². The number of nitrogens with two attached hydrogens (primary N) is 1. The molecule has 0 aromatic heterocycles. The van der Waals surface area contributed by atoms with Gasteiger partial charge in [0.05, 0.1) is 4.47 Å². The highest BCUT2D eigenvalue weighted by Crippen LogP contribution is 2.45. The van der Waals surface area contributed by atoms with Crippen LogP contribution in [0.1, 0.15) is 30.9 Å². The van der Waals surface area contributed by atoms with Crippen LogP contribution in [-0.4, -0.2) is 30.8 Å². The van der Waals surface area contributed by atoms with Crippen molar-refractivity contribution in [2.45, 2.75) is 31.3 Å². The number of hydrogen-bond acceptors (Lipinski definition) is 4. The molecule has 1 aliphatic carbocycles. The number of piperidine rings is 1. The first-order valence-corrected chi connectivity index (χ1v) is 8.10. The van der Waals surface area contributed by atoms with Crippen LogP contribution in [-0.2, 0) is 0 Å². The molecule has 1 aromatic rings. The number of fused-ring (bicyclic) bond motifs is 3. The second-order valence-electron chi connectivity index (χ2n) is 6.02. The summed E-state index contributed by atoms with van der Waals surface area (Å²) in [6.07, 6.45) is 4.07. The Labute approximate surface area is 127 Å². The second kappa shape index (κ2) is 4.90. The minimum Gasteiger partial charge on any atom is -0.454 e. The molecule has 1 saturated heterocycles. The van der Waals surface area contributed by atoms with Gasteiger partial charge in [-0.05, 0) is 58.8 Å². The lowest BCUT2D eigenvalue weighted by molar-refractivity contribution is 0.152. The maximum absolute atomic E-state index is 6.08. The summed E-state index contributed by atoms with van der Waals surface area (Å²) in [5.74, 6) is 2.52. The quantitative estimate of drug-likeness (QED) is 0.920. The molecular weight excluding hydrogens is 320 g/mol. The fraction of sp³-hybridized carbons (Fsp3) is 0.600. The zero-order valence-corrected chi connectivity index (χ0v) is 12.9. The Balaban J connectivity index is 1.66. The minimum atomic E-state index is 0.288. The van der Waals surface area contributed by atoms with Gasteiger partial charge in [-0.1, -0.05) is 0 Å². The average Bonchev–Trinajstić information content (AvgIpc) is 3.15. The molecule has 3 unspecified atom stereocenters. The molecule has 2 heterocycles. The van der Waals surface area contributed by atoms with Gasteiger partial charge in [-0.25, -0.2) is 0 Å². The van der Waals surface area contributed by atoms with E-state index in [9.17, 15) is 0 Å². The highest BCUT2D eigenvalue weighted by Gasteiger charge is 2.41. The van der Waals surface area contributed by atoms with Gasteiger partial charge in [0.2, 0.25) is 6.79 Å². The third kappa shape index (κ3) is 1.95. The maximum Gasteiger partial charge on any atom is 0.231 e. The van der Waals surface area contributed by atoms with Gasteiger partial charge in [0.1, 0.15) is 0 Å². The zero-order valence-electron chi connectivity index (χ0n) is 11.3. The molecule has 3 atom stereocenters. The summed E-state index contributed by atoms with van der Waals surface area (Å²) in [5, 5.41) is 0. The van der Waals surface area contributed by atoms with E-state index in [1.54, 1.807) is 0 Å². The van der Waals surface area contributed by atoms with Crippen molar-refractivity contribution in [2.24, 2.45) is 11.7 Å². The van der Waals surface area contributed by atoms with Gasteiger partial charge in [-0.15, -0.1) is 0 Å². The number of halogens is 1. The van der Waals surface area contributed by atoms with Crippen molar-refractivity contribution in [3.8, 4) is 11.5 Å². The van der Waals surface area contributed by atoms with E-state index in [1.165, 1.54) is 31.4 Å². The van der Waals surface area contributed by atoms with E-state index in [-0.39, 0.29) is 6.04 Å². The first-order valence-electron chi connectivity index (χ1n) is 7.31. The van der Waals surface area contributed by atoms with Gasteiger partial charge < -0.3 is 15.2 Å². The summed E-state index contributed by atoms with van der Waals surface area (Å²) in [5.41, 5.74) is 7.32. The topological polar surface area (TPSA) is 47.7 Å². The number of benzene rings is 1.